The number of anilines is 1. The first-order valence-corrected chi connectivity index (χ1v) is 13.4. The number of sulfonamides is 1. The van der Waals surface area contributed by atoms with Crippen LogP contribution in [0.2, 0.25) is 0 Å². The molecule has 184 valence electrons. The van der Waals surface area contributed by atoms with Crippen molar-refractivity contribution in [2.24, 2.45) is 0 Å². The molecule has 35 heavy (non-hydrogen) atoms. The average molecular weight is 495 g/mol. The Kier molecular flexibility index (Phi) is 7.80. The molecule has 2 aromatic carbocycles. The lowest BCUT2D eigenvalue weighted by atomic mass is 9.95. The van der Waals surface area contributed by atoms with Gasteiger partial charge in [0.1, 0.15) is 0 Å². The van der Waals surface area contributed by atoms with Crippen LogP contribution in [0.15, 0.2) is 60.7 Å². The molecule has 0 radical (unpaired) electrons. The number of rotatable bonds is 8. The molecule has 9 heteroatoms. The summed E-state index contributed by atoms with van der Waals surface area (Å²) in [7, 11) is -3.44. The molecule has 2 N–H and O–H groups in total. The Bertz CT molecular complexity index is 1290. The molecule has 4 rings (SSSR count). The van der Waals surface area contributed by atoms with Gasteiger partial charge in [0.2, 0.25) is 10.0 Å². The van der Waals surface area contributed by atoms with Gasteiger partial charge in [0.15, 0.2) is 0 Å². The van der Waals surface area contributed by atoms with Crippen molar-refractivity contribution in [1.29, 1.82) is 0 Å². The molecule has 8 nitrogen and oxygen atoms in total. The van der Waals surface area contributed by atoms with E-state index >= 15 is 0 Å². The zero-order chi connectivity index (χ0) is 24.8. The van der Waals surface area contributed by atoms with Crippen molar-refractivity contribution in [2.45, 2.75) is 6.92 Å². The molecular weight excluding hydrogens is 464 g/mol. The number of hydrogen-bond donors (Lipinski definition) is 2. The Morgan fingerprint density at radius 3 is 2.46 bits per heavy atom. The largest absolute Gasteiger partial charge is 0.379 e. The summed E-state index contributed by atoms with van der Waals surface area (Å²) in [4.78, 5) is 20.3. The first kappa shape index (κ1) is 24.8. The summed E-state index contributed by atoms with van der Waals surface area (Å²) in [6.45, 7) is 6.20. The second-order valence-corrected chi connectivity index (χ2v) is 10.3. The van der Waals surface area contributed by atoms with E-state index in [1.54, 1.807) is 18.2 Å². The maximum Gasteiger partial charge on any atom is 0.253 e. The van der Waals surface area contributed by atoms with Crippen LogP contribution >= 0.6 is 0 Å². The zero-order valence-electron chi connectivity index (χ0n) is 20.0. The topological polar surface area (TPSA) is 101 Å². The maximum absolute atomic E-state index is 13.4. The van der Waals surface area contributed by atoms with E-state index in [9.17, 15) is 13.2 Å². The van der Waals surface area contributed by atoms with Gasteiger partial charge in [-0.15, -0.1) is 0 Å². The Hall–Kier alpha value is -3.27. The minimum absolute atomic E-state index is 0.209. The first-order valence-electron chi connectivity index (χ1n) is 11.5. The van der Waals surface area contributed by atoms with Gasteiger partial charge >= 0.3 is 0 Å². The highest BCUT2D eigenvalue weighted by molar-refractivity contribution is 7.92. The summed E-state index contributed by atoms with van der Waals surface area (Å²) < 4.78 is 31.4. The van der Waals surface area contributed by atoms with Gasteiger partial charge in [0.05, 0.1) is 36.4 Å². The molecule has 0 spiro atoms. The molecule has 1 aliphatic heterocycles. The van der Waals surface area contributed by atoms with Crippen molar-refractivity contribution in [3.8, 4) is 22.4 Å². The monoisotopic (exact) mass is 494 g/mol. The van der Waals surface area contributed by atoms with E-state index in [-0.39, 0.29) is 5.91 Å². The lowest BCUT2D eigenvalue weighted by Crippen LogP contribution is -2.41. The molecule has 1 saturated heterocycles. The maximum atomic E-state index is 13.4. The summed E-state index contributed by atoms with van der Waals surface area (Å²) in [6, 6.07) is 18.7. The van der Waals surface area contributed by atoms with Crippen LogP contribution in [0.25, 0.3) is 22.4 Å². The number of amides is 1. The van der Waals surface area contributed by atoms with Crippen molar-refractivity contribution in [1.82, 2.24) is 15.2 Å². The van der Waals surface area contributed by atoms with E-state index in [2.05, 4.69) is 14.9 Å². The zero-order valence-corrected chi connectivity index (χ0v) is 20.8. The van der Waals surface area contributed by atoms with E-state index in [0.29, 0.717) is 42.3 Å². The van der Waals surface area contributed by atoms with Crippen LogP contribution in [0.3, 0.4) is 0 Å². The van der Waals surface area contributed by atoms with Crippen molar-refractivity contribution in [2.75, 3.05) is 50.4 Å². The number of pyridine rings is 1. The fourth-order valence-electron chi connectivity index (χ4n) is 4.15. The SMILES string of the molecule is Cc1nc(-c2ccccc2)cc(-c2cccc(NS(C)(=O)=O)c2)c1C(=O)NCCN1CCOCC1. The second-order valence-electron chi connectivity index (χ2n) is 8.55. The van der Waals surface area contributed by atoms with Gasteiger partial charge in [-0.3, -0.25) is 19.4 Å². The van der Waals surface area contributed by atoms with Gasteiger partial charge in [-0.1, -0.05) is 42.5 Å². The van der Waals surface area contributed by atoms with Crippen molar-refractivity contribution in [3.05, 3.63) is 71.9 Å². The van der Waals surface area contributed by atoms with E-state index in [1.165, 1.54) is 0 Å². The van der Waals surface area contributed by atoms with Gasteiger partial charge in [-0.05, 0) is 36.2 Å². The lowest BCUT2D eigenvalue weighted by molar-refractivity contribution is 0.0383. The third-order valence-corrected chi connectivity index (χ3v) is 6.40. The smallest absolute Gasteiger partial charge is 0.253 e. The molecule has 2 heterocycles. The molecule has 1 fully saturated rings. The van der Waals surface area contributed by atoms with E-state index in [0.717, 1.165) is 42.7 Å². The second kappa shape index (κ2) is 11.0. The molecule has 3 aromatic rings. The van der Waals surface area contributed by atoms with Gasteiger partial charge in [0.25, 0.3) is 5.91 Å². The molecule has 1 amide bonds. The number of carbonyl (C=O) groups excluding carboxylic acids is 1. The predicted molar refractivity (Wildman–Crippen MR) is 138 cm³/mol. The highest BCUT2D eigenvalue weighted by atomic mass is 32.2. The highest BCUT2D eigenvalue weighted by Crippen LogP contribution is 2.32. The van der Waals surface area contributed by atoms with Crippen LogP contribution < -0.4 is 10.0 Å². The molecule has 0 bridgehead atoms. The third kappa shape index (κ3) is 6.66. The molecule has 0 atom stereocenters. The molecule has 0 aliphatic carbocycles. The quantitative estimate of drug-likeness (QED) is 0.499. The van der Waals surface area contributed by atoms with Gasteiger partial charge in [0, 0.05) is 37.4 Å². The summed E-state index contributed by atoms with van der Waals surface area (Å²) in [5.41, 5.74) is 4.59. The van der Waals surface area contributed by atoms with Gasteiger partial charge in [-0.2, -0.15) is 0 Å². The van der Waals surface area contributed by atoms with Gasteiger partial charge in [-0.25, -0.2) is 8.42 Å². The molecule has 0 unspecified atom stereocenters. The number of benzene rings is 2. The standard InChI is InChI=1S/C26H30N4O4S/c1-19-25(26(31)27-11-12-30-13-15-34-16-14-30)23(18-24(28-19)20-7-4-3-5-8-20)21-9-6-10-22(17-21)29-35(2,32)33/h3-10,17-18,29H,11-16H2,1-2H3,(H,27,31). The van der Waals surface area contributed by atoms with E-state index in [1.807, 2.05) is 49.4 Å². The summed E-state index contributed by atoms with van der Waals surface area (Å²) >= 11 is 0. The number of carbonyl (C=O) groups is 1. The molecule has 0 saturated carbocycles. The predicted octanol–water partition coefficient (Wildman–Crippen LogP) is 3.16. The third-order valence-electron chi connectivity index (χ3n) is 5.79. The fourth-order valence-corrected chi connectivity index (χ4v) is 4.70. The minimum atomic E-state index is -3.44. The van der Waals surface area contributed by atoms with E-state index < -0.39 is 10.0 Å². The number of ether oxygens (including phenoxy) is 1. The molecule has 1 aromatic heterocycles. The average Bonchev–Trinajstić information content (AvgIpc) is 2.84. The summed E-state index contributed by atoms with van der Waals surface area (Å²) in [6.07, 6.45) is 1.11. The van der Waals surface area contributed by atoms with Gasteiger partial charge < -0.3 is 10.1 Å². The Morgan fingerprint density at radius 1 is 1.03 bits per heavy atom. The number of hydrogen-bond acceptors (Lipinski definition) is 6. The van der Waals surface area contributed by atoms with Crippen molar-refractivity contribution in [3.63, 3.8) is 0 Å². The number of nitrogens with one attached hydrogen (secondary N) is 2. The van der Waals surface area contributed by atoms with Crippen LogP contribution in [-0.2, 0) is 14.8 Å². The van der Waals surface area contributed by atoms with Crippen molar-refractivity contribution < 1.29 is 17.9 Å². The first-order chi connectivity index (χ1) is 16.8. The number of nitrogens with zero attached hydrogens (tertiary/aromatic N) is 2. The highest BCUT2D eigenvalue weighted by Gasteiger charge is 2.20. The van der Waals surface area contributed by atoms with Crippen molar-refractivity contribution >= 4 is 21.6 Å². The van der Waals surface area contributed by atoms with Crippen LogP contribution in [-0.4, -0.2) is 69.9 Å². The fraction of sp³-hybridized carbons (Fsp3) is 0.308. The molecule has 1 aliphatic rings. The van der Waals surface area contributed by atoms with Crippen LogP contribution in [0.5, 0.6) is 0 Å². The number of morpholine rings is 1. The molecular formula is C26H30N4O4S. The normalized spacial score (nSPS) is 14.5. The van der Waals surface area contributed by atoms with Crippen LogP contribution in [0.1, 0.15) is 16.1 Å². The number of aryl methyl sites for hydroxylation is 1. The summed E-state index contributed by atoms with van der Waals surface area (Å²) in [5.74, 6) is -0.209. The van der Waals surface area contributed by atoms with Crippen LogP contribution in [0.4, 0.5) is 5.69 Å². The number of aromatic nitrogens is 1. The minimum Gasteiger partial charge on any atom is -0.379 e. The summed E-state index contributed by atoms with van der Waals surface area (Å²) in [5, 5.41) is 3.04. The van der Waals surface area contributed by atoms with E-state index in [4.69, 9.17) is 9.72 Å². The van der Waals surface area contributed by atoms with Crippen LogP contribution in [0, 0.1) is 6.92 Å². The Balaban J connectivity index is 1.68. The Morgan fingerprint density at radius 2 is 1.74 bits per heavy atom. The Labute approximate surface area is 206 Å². The lowest BCUT2D eigenvalue weighted by Gasteiger charge is -2.26.